The summed E-state index contributed by atoms with van der Waals surface area (Å²) < 4.78 is 6.12. The predicted molar refractivity (Wildman–Crippen MR) is 152 cm³/mol. The van der Waals surface area contributed by atoms with Crippen LogP contribution in [-0.2, 0) is 4.43 Å². The number of fused-ring (bicyclic) bond motifs is 6. The third-order valence-corrected chi connectivity index (χ3v) is 42.3. The molecule has 0 bridgehead atoms. The first kappa shape index (κ1) is 19.0. The summed E-state index contributed by atoms with van der Waals surface area (Å²) in [4.78, 5) is 0. The van der Waals surface area contributed by atoms with Crippen LogP contribution in [0.3, 0.4) is 0 Å². The summed E-state index contributed by atoms with van der Waals surface area (Å²) in [6.07, 6.45) is 1.13. The molecule has 0 aromatic heterocycles. The lowest BCUT2D eigenvalue weighted by molar-refractivity contribution is 0.419. The number of rotatable bonds is 1. The molecule has 1 fully saturated rings. The van der Waals surface area contributed by atoms with E-state index >= 15 is 0 Å². The number of benzene rings is 6. The monoisotopic (exact) mass is 476 g/mol. The standard InChI is InChI=1S/C27H24OSi4/c1-2-5-18-11-23-14-24-21(13-22(23)10-17(18)4-1)9-8-20-12-19-6-3-7-27(26(19)15-25(20)24)32-16-28-29-30-31-32/h1-15,32H,16,29-31H2. The van der Waals surface area contributed by atoms with Crippen molar-refractivity contribution < 1.29 is 4.43 Å². The molecule has 0 N–H and O–H groups in total. The lowest BCUT2D eigenvalue weighted by Gasteiger charge is -2.22. The maximum Gasteiger partial charge on any atom is 0.139 e. The van der Waals surface area contributed by atoms with Crippen molar-refractivity contribution in [3.05, 3.63) is 91.0 Å². The maximum absolute atomic E-state index is 6.12. The van der Waals surface area contributed by atoms with Gasteiger partial charge in [-0.1, -0.05) is 59.8 Å². The Morgan fingerprint density at radius 3 is 1.94 bits per heavy atom. The summed E-state index contributed by atoms with van der Waals surface area (Å²) >= 11 is 0. The Bertz CT molecular complexity index is 1670. The van der Waals surface area contributed by atoms with Gasteiger partial charge in [-0.15, -0.1) is 0 Å². The molecule has 1 atom stereocenters. The van der Waals surface area contributed by atoms with E-state index in [1.54, 1.807) is 5.19 Å². The summed E-state index contributed by atoms with van der Waals surface area (Å²) in [6, 6.07) is 34.7. The second-order valence-electron chi connectivity index (χ2n) is 9.24. The quantitative estimate of drug-likeness (QED) is 0.201. The van der Waals surface area contributed by atoms with Gasteiger partial charge in [0.05, 0.1) is 8.31 Å². The topological polar surface area (TPSA) is 9.23 Å². The van der Waals surface area contributed by atoms with Gasteiger partial charge in [0.15, 0.2) is 0 Å². The average Bonchev–Trinajstić information content (AvgIpc) is 2.85. The minimum Gasteiger partial charge on any atom is -0.432 e. The zero-order chi connectivity index (χ0) is 21.1. The van der Waals surface area contributed by atoms with E-state index in [1.807, 2.05) is 0 Å². The van der Waals surface area contributed by atoms with Crippen LogP contribution in [0.1, 0.15) is 0 Å². The lowest BCUT2D eigenvalue weighted by Crippen LogP contribution is -2.50. The normalized spacial score (nSPS) is 19.3. The van der Waals surface area contributed by atoms with Crippen LogP contribution >= 0.6 is 0 Å². The fraction of sp³-hybridized carbons (Fsp3) is 0.0370. The SMILES string of the molecule is c1ccc2cc3cc4c(ccc5cc6cccc([SiH]7CO[SiH2][SiH2][SiH2]7)c6cc54)cc3cc2c1. The first-order valence-corrected chi connectivity index (χ1v) is 24.9. The summed E-state index contributed by atoms with van der Waals surface area (Å²) in [5.74, 6) is 0. The molecule has 1 aliphatic rings. The largest absolute Gasteiger partial charge is 0.432 e. The molecule has 5 heteroatoms. The van der Waals surface area contributed by atoms with E-state index in [4.69, 9.17) is 4.43 Å². The fourth-order valence-corrected chi connectivity index (χ4v) is 48.0. The van der Waals surface area contributed by atoms with Crippen molar-refractivity contribution in [2.24, 2.45) is 0 Å². The van der Waals surface area contributed by atoms with Crippen LogP contribution in [0, 0.1) is 0 Å². The summed E-state index contributed by atoms with van der Waals surface area (Å²) in [6.45, 7) is 0. The van der Waals surface area contributed by atoms with Crippen LogP contribution in [0.15, 0.2) is 91.0 Å². The Balaban J connectivity index is 1.53. The highest BCUT2D eigenvalue weighted by molar-refractivity contribution is 7.51. The van der Waals surface area contributed by atoms with Crippen LogP contribution < -0.4 is 5.19 Å². The zero-order valence-electron chi connectivity index (χ0n) is 18.0. The highest BCUT2D eigenvalue weighted by Crippen LogP contribution is 2.33. The highest BCUT2D eigenvalue weighted by Gasteiger charge is 2.21. The number of hydrogen-bond donors (Lipinski definition) is 0. The molecule has 1 aliphatic heterocycles. The van der Waals surface area contributed by atoms with E-state index < -0.39 is 8.31 Å². The molecule has 1 nitrogen and oxygen atoms in total. The molecule has 6 aromatic carbocycles. The molecule has 1 heterocycles. The van der Waals surface area contributed by atoms with Crippen LogP contribution in [0.25, 0.3) is 53.9 Å². The highest BCUT2D eigenvalue weighted by atomic mass is 29.7. The first-order chi connectivity index (χ1) is 15.8. The molecular formula is C27H24OSi4. The Hall–Kier alpha value is -2.55. The van der Waals surface area contributed by atoms with Gasteiger partial charge in [0.25, 0.3) is 0 Å². The molecule has 154 valence electrons. The van der Waals surface area contributed by atoms with Gasteiger partial charge in [-0.25, -0.2) is 0 Å². The molecule has 0 radical (unpaired) electrons. The van der Waals surface area contributed by atoms with Gasteiger partial charge in [0.2, 0.25) is 0 Å². The second-order valence-corrected chi connectivity index (χ2v) is 33.3. The maximum atomic E-state index is 6.12. The first-order valence-electron chi connectivity index (χ1n) is 11.6. The van der Waals surface area contributed by atoms with Gasteiger partial charge in [-0.3, -0.25) is 0 Å². The summed E-state index contributed by atoms with van der Waals surface area (Å²) in [5.41, 5.74) is 0. The average molecular weight is 477 g/mol. The Kier molecular flexibility index (Phi) is 4.45. The molecule has 0 amide bonds. The van der Waals surface area contributed by atoms with E-state index in [-0.39, 0.29) is 26.4 Å². The van der Waals surface area contributed by atoms with Gasteiger partial charge >= 0.3 is 0 Å². The van der Waals surface area contributed by atoms with E-state index in [0.717, 1.165) is 6.23 Å². The molecule has 1 saturated heterocycles. The van der Waals surface area contributed by atoms with Crippen LogP contribution in [-0.4, -0.2) is 40.9 Å². The smallest absolute Gasteiger partial charge is 0.139 e. The summed E-state index contributed by atoms with van der Waals surface area (Å²) in [7, 11) is -0.411. The van der Waals surface area contributed by atoms with Gasteiger partial charge in [0.1, 0.15) is 9.28 Å². The third-order valence-electron chi connectivity index (χ3n) is 7.29. The predicted octanol–water partition coefficient (Wildman–Crippen LogP) is 3.20. The third kappa shape index (κ3) is 3.04. The summed E-state index contributed by atoms with van der Waals surface area (Å²) in [5, 5.41) is 15.4. The zero-order valence-corrected chi connectivity index (χ0v) is 23.4. The van der Waals surface area contributed by atoms with E-state index in [0.29, 0.717) is 0 Å². The molecule has 0 saturated carbocycles. The minimum absolute atomic E-state index is 0.0411. The molecule has 6 aromatic rings. The molecule has 32 heavy (non-hydrogen) atoms. The Morgan fingerprint density at radius 1 is 0.562 bits per heavy atom. The van der Waals surface area contributed by atoms with Gasteiger partial charge in [-0.05, 0) is 90.3 Å². The molecular weight excluding hydrogens is 453 g/mol. The van der Waals surface area contributed by atoms with Crippen molar-refractivity contribution >= 4 is 93.8 Å². The Morgan fingerprint density at radius 2 is 1.19 bits per heavy atom. The molecule has 0 aliphatic carbocycles. The van der Waals surface area contributed by atoms with E-state index in [1.165, 1.54) is 53.9 Å². The lowest BCUT2D eigenvalue weighted by atomic mass is 9.95. The number of hydrogen-bond acceptors (Lipinski definition) is 1. The minimum atomic E-state index is -0.833. The van der Waals surface area contributed by atoms with Gasteiger partial charge < -0.3 is 4.43 Å². The van der Waals surface area contributed by atoms with Crippen molar-refractivity contribution in [3.8, 4) is 0 Å². The van der Waals surface area contributed by atoms with Gasteiger partial charge in [0, 0.05) is 23.3 Å². The van der Waals surface area contributed by atoms with E-state index in [2.05, 4.69) is 91.0 Å². The van der Waals surface area contributed by atoms with Crippen LogP contribution in [0.2, 0.25) is 0 Å². The van der Waals surface area contributed by atoms with E-state index in [9.17, 15) is 0 Å². The van der Waals surface area contributed by atoms with Crippen molar-refractivity contribution in [1.82, 2.24) is 0 Å². The van der Waals surface area contributed by atoms with Crippen molar-refractivity contribution in [2.75, 3.05) is 6.23 Å². The Labute approximate surface area is 195 Å². The van der Waals surface area contributed by atoms with Crippen LogP contribution in [0.5, 0.6) is 0 Å². The molecule has 1 unspecified atom stereocenters. The molecule has 0 spiro atoms. The second kappa shape index (κ2) is 7.50. The van der Waals surface area contributed by atoms with Crippen molar-refractivity contribution in [3.63, 3.8) is 0 Å². The van der Waals surface area contributed by atoms with Crippen molar-refractivity contribution in [1.29, 1.82) is 0 Å². The van der Waals surface area contributed by atoms with Crippen LogP contribution in [0.4, 0.5) is 0 Å². The van der Waals surface area contributed by atoms with Gasteiger partial charge in [-0.2, -0.15) is 0 Å². The molecule has 7 rings (SSSR count). The fourth-order valence-electron chi connectivity index (χ4n) is 5.64. The van der Waals surface area contributed by atoms with Crippen molar-refractivity contribution in [2.45, 2.75) is 0 Å².